The third-order valence-corrected chi connectivity index (χ3v) is 4.14. The third-order valence-electron chi connectivity index (χ3n) is 4.14. The summed E-state index contributed by atoms with van der Waals surface area (Å²) in [6.07, 6.45) is 4.16. The Morgan fingerprint density at radius 3 is 2.85 bits per heavy atom. The Hall–Kier alpha value is -1.81. The average Bonchev–Trinajstić information content (AvgIpc) is 2.49. The van der Waals surface area contributed by atoms with Crippen LogP contribution in [0.1, 0.15) is 12.8 Å². The molecule has 1 aromatic heterocycles. The molecule has 1 aromatic carbocycles. The van der Waals surface area contributed by atoms with E-state index in [1.807, 2.05) is 12.1 Å². The Labute approximate surface area is 119 Å². The molecule has 1 fully saturated rings. The molecule has 4 heteroatoms. The Morgan fingerprint density at radius 1 is 1.30 bits per heavy atom. The molecule has 1 saturated heterocycles. The van der Waals surface area contributed by atoms with Gasteiger partial charge >= 0.3 is 0 Å². The number of pyridine rings is 1. The highest BCUT2D eigenvalue weighted by Gasteiger charge is 2.20. The van der Waals surface area contributed by atoms with Gasteiger partial charge in [0, 0.05) is 44.1 Å². The number of fused-ring (bicyclic) bond motifs is 1. The minimum absolute atomic E-state index is 0.689. The van der Waals surface area contributed by atoms with E-state index >= 15 is 0 Å². The predicted molar refractivity (Wildman–Crippen MR) is 83.0 cm³/mol. The van der Waals surface area contributed by atoms with Gasteiger partial charge in [-0.05, 0) is 43.0 Å². The lowest BCUT2D eigenvalue weighted by Gasteiger charge is -2.34. The molecule has 0 atom stereocenters. The molecule has 0 bridgehead atoms. The van der Waals surface area contributed by atoms with Crippen LogP contribution < -0.4 is 10.6 Å². The molecule has 3 rings (SSSR count). The zero-order valence-electron chi connectivity index (χ0n) is 11.9. The number of nitrogens with zero attached hydrogens (tertiary/aromatic N) is 2. The molecule has 1 aliphatic rings. The first-order valence-electron chi connectivity index (χ1n) is 7.16. The maximum Gasteiger partial charge on any atom is 0.0951 e. The third kappa shape index (κ3) is 2.43. The highest BCUT2D eigenvalue weighted by molar-refractivity contribution is 5.98. The fraction of sp³-hybridized carbons (Fsp3) is 0.438. The number of hydrogen-bond donors (Lipinski definition) is 1. The Kier molecular flexibility index (Phi) is 3.74. The molecule has 20 heavy (non-hydrogen) atoms. The smallest absolute Gasteiger partial charge is 0.0951 e. The van der Waals surface area contributed by atoms with E-state index < -0.39 is 0 Å². The van der Waals surface area contributed by atoms with Gasteiger partial charge in [-0.25, -0.2) is 0 Å². The molecular weight excluding hydrogens is 250 g/mol. The molecule has 0 unspecified atom stereocenters. The van der Waals surface area contributed by atoms with Crippen LogP contribution in [0.25, 0.3) is 10.9 Å². The number of piperidine rings is 1. The summed E-state index contributed by atoms with van der Waals surface area (Å²) in [5.74, 6) is 0.689. The summed E-state index contributed by atoms with van der Waals surface area (Å²) in [5, 5.41) is 1.15. The number of nitrogens with two attached hydrogens (primary N) is 1. The van der Waals surface area contributed by atoms with Crippen LogP contribution in [0.4, 0.5) is 11.4 Å². The van der Waals surface area contributed by atoms with Crippen LogP contribution in [0.15, 0.2) is 30.5 Å². The summed E-state index contributed by atoms with van der Waals surface area (Å²) >= 11 is 0. The summed E-state index contributed by atoms with van der Waals surface area (Å²) < 4.78 is 5.26. The molecule has 2 N–H and O–H groups in total. The van der Waals surface area contributed by atoms with Crippen LogP contribution >= 0.6 is 0 Å². The van der Waals surface area contributed by atoms with E-state index in [1.165, 1.54) is 18.5 Å². The number of ether oxygens (including phenoxy) is 1. The van der Waals surface area contributed by atoms with Crippen LogP contribution in [0.2, 0.25) is 0 Å². The second-order valence-corrected chi connectivity index (χ2v) is 5.46. The largest absolute Gasteiger partial charge is 0.397 e. The monoisotopic (exact) mass is 271 g/mol. The van der Waals surface area contributed by atoms with E-state index in [0.717, 1.165) is 36.3 Å². The van der Waals surface area contributed by atoms with Crippen LogP contribution in [0, 0.1) is 5.92 Å². The van der Waals surface area contributed by atoms with Crippen molar-refractivity contribution in [3.8, 4) is 0 Å². The second-order valence-electron chi connectivity index (χ2n) is 5.46. The van der Waals surface area contributed by atoms with Gasteiger partial charge in [-0.3, -0.25) is 4.98 Å². The zero-order valence-corrected chi connectivity index (χ0v) is 11.9. The van der Waals surface area contributed by atoms with E-state index in [9.17, 15) is 0 Å². The van der Waals surface area contributed by atoms with Gasteiger partial charge in [-0.1, -0.05) is 0 Å². The summed E-state index contributed by atoms with van der Waals surface area (Å²) in [6.45, 7) is 3.02. The van der Waals surface area contributed by atoms with E-state index in [1.54, 1.807) is 13.3 Å². The fourth-order valence-corrected chi connectivity index (χ4v) is 3.03. The van der Waals surface area contributed by atoms with Gasteiger partial charge in [-0.15, -0.1) is 0 Å². The van der Waals surface area contributed by atoms with Crippen molar-refractivity contribution in [1.29, 1.82) is 0 Å². The minimum atomic E-state index is 0.689. The maximum absolute atomic E-state index is 6.02. The van der Waals surface area contributed by atoms with Crippen molar-refractivity contribution in [3.63, 3.8) is 0 Å². The highest BCUT2D eigenvalue weighted by Crippen LogP contribution is 2.32. The number of rotatable bonds is 3. The molecular formula is C16H21N3O. The van der Waals surface area contributed by atoms with Gasteiger partial charge in [-0.2, -0.15) is 0 Å². The summed E-state index contributed by atoms with van der Waals surface area (Å²) in [4.78, 5) is 6.85. The van der Waals surface area contributed by atoms with Crippen molar-refractivity contribution >= 4 is 22.3 Å². The van der Waals surface area contributed by atoms with Crippen molar-refractivity contribution in [1.82, 2.24) is 4.98 Å². The van der Waals surface area contributed by atoms with Crippen molar-refractivity contribution in [3.05, 3.63) is 30.5 Å². The van der Waals surface area contributed by atoms with Gasteiger partial charge < -0.3 is 15.4 Å². The molecule has 0 aliphatic carbocycles. The first-order valence-corrected chi connectivity index (χ1v) is 7.16. The first kappa shape index (κ1) is 13.2. The lowest BCUT2D eigenvalue weighted by molar-refractivity contribution is 0.139. The fourth-order valence-electron chi connectivity index (χ4n) is 3.03. The lowest BCUT2D eigenvalue weighted by atomic mass is 9.97. The van der Waals surface area contributed by atoms with Gasteiger partial charge in [0.05, 0.1) is 11.2 Å². The molecule has 0 saturated carbocycles. The van der Waals surface area contributed by atoms with E-state index in [-0.39, 0.29) is 0 Å². The zero-order chi connectivity index (χ0) is 13.9. The van der Waals surface area contributed by atoms with Crippen molar-refractivity contribution in [2.24, 2.45) is 5.92 Å². The van der Waals surface area contributed by atoms with Crippen molar-refractivity contribution in [2.75, 3.05) is 37.4 Å². The maximum atomic E-state index is 6.02. The number of benzene rings is 1. The van der Waals surface area contributed by atoms with Crippen LogP contribution in [0.3, 0.4) is 0 Å². The number of anilines is 2. The Balaban J connectivity index is 1.87. The Bertz CT molecular complexity index is 591. The number of hydrogen-bond acceptors (Lipinski definition) is 4. The van der Waals surface area contributed by atoms with E-state index in [2.05, 4.69) is 22.0 Å². The molecule has 0 amide bonds. The molecule has 0 spiro atoms. The normalized spacial score (nSPS) is 16.8. The minimum Gasteiger partial charge on any atom is -0.397 e. The standard InChI is InChI=1S/C16H21N3O/c1-20-11-12-6-9-19(10-7-12)15-5-4-14(17)16-13(15)3-2-8-18-16/h2-5,8,12H,6-7,9-11,17H2,1H3. The first-order chi connectivity index (χ1) is 9.79. The van der Waals surface area contributed by atoms with E-state index in [0.29, 0.717) is 5.92 Å². The van der Waals surface area contributed by atoms with Gasteiger partial charge in [0.15, 0.2) is 0 Å². The SMILES string of the molecule is COCC1CCN(c2ccc(N)c3ncccc23)CC1. The van der Waals surface area contributed by atoms with Gasteiger partial charge in [0.1, 0.15) is 0 Å². The number of methoxy groups -OCH3 is 1. The average molecular weight is 271 g/mol. The Morgan fingerprint density at radius 2 is 2.10 bits per heavy atom. The van der Waals surface area contributed by atoms with Crippen molar-refractivity contribution in [2.45, 2.75) is 12.8 Å². The lowest BCUT2D eigenvalue weighted by Crippen LogP contribution is -2.35. The summed E-state index contributed by atoms with van der Waals surface area (Å²) in [6, 6.07) is 8.17. The topological polar surface area (TPSA) is 51.4 Å². The molecule has 106 valence electrons. The van der Waals surface area contributed by atoms with Crippen LogP contribution in [-0.2, 0) is 4.74 Å². The van der Waals surface area contributed by atoms with Gasteiger partial charge in [0.25, 0.3) is 0 Å². The highest BCUT2D eigenvalue weighted by atomic mass is 16.5. The van der Waals surface area contributed by atoms with Crippen LogP contribution in [0.5, 0.6) is 0 Å². The quantitative estimate of drug-likeness (QED) is 0.872. The number of aromatic nitrogens is 1. The molecule has 2 aromatic rings. The molecule has 4 nitrogen and oxygen atoms in total. The second kappa shape index (κ2) is 5.67. The number of nitrogen functional groups attached to an aromatic ring is 1. The van der Waals surface area contributed by atoms with E-state index in [4.69, 9.17) is 10.5 Å². The summed E-state index contributed by atoms with van der Waals surface area (Å²) in [7, 11) is 1.78. The van der Waals surface area contributed by atoms with Crippen LogP contribution in [-0.4, -0.2) is 31.8 Å². The van der Waals surface area contributed by atoms with Gasteiger partial charge in [0.2, 0.25) is 0 Å². The molecule has 2 heterocycles. The predicted octanol–water partition coefficient (Wildman–Crippen LogP) is 2.68. The molecule has 1 aliphatic heterocycles. The summed E-state index contributed by atoms with van der Waals surface area (Å²) in [5.41, 5.74) is 8.92. The molecule has 0 radical (unpaired) electrons. The van der Waals surface area contributed by atoms with Crippen molar-refractivity contribution < 1.29 is 4.74 Å².